The van der Waals surface area contributed by atoms with Gasteiger partial charge in [0, 0.05) is 10.0 Å². The number of carbonyl (C=O) groups excluding carboxylic acids is 1. The Bertz CT molecular complexity index is 648. The van der Waals surface area contributed by atoms with Gasteiger partial charge in [0.25, 0.3) is 5.91 Å². The molecule has 0 saturated heterocycles. The molecule has 2 rings (SSSR count). The number of carbonyl (C=O) groups is 1. The second kappa shape index (κ2) is 6.76. The number of amides is 1. The molecule has 21 heavy (non-hydrogen) atoms. The Kier molecular flexibility index (Phi) is 5.02. The molecule has 0 aliphatic carbocycles. The van der Waals surface area contributed by atoms with Gasteiger partial charge in [0.2, 0.25) is 0 Å². The van der Waals surface area contributed by atoms with Crippen molar-refractivity contribution in [2.24, 2.45) is 0 Å². The summed E-state index contributed by atoms with van der Waals surface area (Å²) in [4.78, 5) is 12.4. The van der Waals surface area contributed by atoms with Crippen LogP contribution >= 0.6 is 15.9 Å². The summed E-state index contributed by atoms with van der Waals surface area (Å²) in [5.41, 5.74) is 3.42. The quantitative estimate of drug-likeness (QED) is 0.868. The average Bonchev–Trinajstić information content (AvgIpc) is 2.41. The molecule has 0 aliphatic heterocycles. The van der Waals surface area contributed by atoms with Crippen LogP contribution in [0.5, 0.6) is 5.75 Å². The highest BCUT2D eigenvalue weighted by atomic mass is 79.9. The van der Waals surface area contributed by atoms with Crippen LogP contribution in [0.2, 0.25) is 0 Å². The van der Waals surface area contributed by atoms with Gasteiger partial charge in [-0.15, -0.1) is 0 Å². The summed E-state index contributed by atoms with van der Waals surface area (Å²) >= 11 is 3.41. The van der Waals surface area contributed by atoms with Crippen molar-refractivity contribution in [2.45, 2.75) is 20.8 Å². The van der Waals surface area contributed by atoms with E-state index >= 15 is 0 Å². The smallest absolute Gasteiger partial charge is 0.255 e. The fourth-order valence-corrected chi connectivity index (χ4v) is 2.68. The van der Waals surface area contributed by atoms with E-state index in [2.05, 4.69) is 21.2 Å². The molecule has 0 fully saturated rings. The normalized spacial score (nSPS) is 10.3. The summed E-state index contributed by atoms with van der Waals surface area (Å²) in [6.45, 7) is 6.43. The van der Waals surface area contributed by atoms with Crippen LogP contribution in [0.25, 0.3) is 0 Å². The van der Waals surface area contributed by atoms with E-state index in [0.29, 0.717) is 23.6 Å². The molecule has 3 nitrogen and oxygen atoms in total. The van der Waals surface area contributed by atoms with E-state index in [1.807, 2.05) is 51.1 Å². The number of anilines is 1. The molecule has 0 atom stereocenters. The predicted molar refractivity (Wildman–Crippen MR) is 89.2 cm³/mol. The molecular weight excluding hydrogens is 330 g/mol. The minimum atomic E-state index is -0.149. The van der Waals surface area contributed by atoms with E-state index in [9.17, 15) is 4.79 Å². The van der Waals surface area contributed by atoms with Crippen LogP contribution in [0.1, 0.15) is 28.4 Å². The van der Waals surface area contributed by atoms with Gasteiger partial charge in [0.15, 0.2) is 0 Å². The largest absolute Gasteiger partial charge is 0.492 e. The van der Waals surface area contributed by atoms with Crippen LogP contribution in [0.3, 0.4) is 0 Å². The topological polar surface area (TPSA) is 38.3 Å². The molecule has 2 aromatic rings. The lowest BCUT2D eigenvalue weighted by molar-refractivity contribution is 0.102. The lowest BCUT2D eigenvalue weighted by Gasteiger charge is -2.12. The zero-order chi connectivity index (χ0) is 15.4. The molecule has 0 aliphatic rings. The third-order valence-electron chi connectivity index (χ3n) is 2.99. The number of benzene rings is 2. The van der Waals surface area contributed by atoms with Gasteiger partial charge in [0.1, 0.15) is 5.75 Å². The second-order valence-corrected chi connectivity index (χ2v) is 5.82. The first kappa shape index (κ1) is 15.6. The molecular formula is C17H18BrNO2. The van der Waals surface area contributed by atoms with Crippen LogP contribution in [0, 0.1) is 13.8 Å². The maximum absolute atomic E-state index is 12.4. The van der Waals surface area contributed by atoms with Crippen molar-refractivity contribution in [1.82, 2.24) is 0 Å². The summed E-state index contributed by atoms with van der Waals surface area (Å²) in [7, 11) is 0. The van der Waals surface area contributed by atoms with Gasteiger partial charge in [-0.2, -0.15) is 0 Å². The number of hydrogen-bond donors (Lipinski definition) is 1. The summed E-state index contributed by atoms with van der Waals surface area (Å²) < 4.78 is 6.47. The highest BCUT2D eigenvalue weighted by Crippen LogP contribution is 2.26. The van der Waals surface area contributed by atoms with Crippen molar-refractivity contribution < 1.29 is 9.53 Å². The molecule has 0 heterocycles. The summed E-state index contributed by atoms with van der Waals surface area (Å²) in [5, 5.41) is 2.91. The first-order valence-electron chi connectivity index (χ1n) is 6.81. The first-order valence-corrected chi connectivity index (χ1v) is 7.61. The maximum atomic E-state index is 12.4. The van der Waals surface area contributed by atoms with Gasteiger partial charge in [0.05, 0.1) is 12.3 Å². The molecule has 110 valence electrons. The van der Waals surface area contributed by atoms with E-state index in [1.54, 1.807) is 6.07 Å². The zero-order valence-corrected chi connectivity index (χ0v) is 14.0. The third-order valence-corrected chi connectivity index (χ3v) is 3.45. The van der Waals surface area contributed by atoms with Crippen LogP contribution in [0.4, 0.5) is 5.69 Å². The number of rotatable bonds is 4. The predicted octanol–water partition coefficient (Wildman–Crippen LogP) is 4.72. The van der Waals surface area contributed by atoms with Crippen molar-refractivity contribution in [1.29, 1.82) is 0 Å². The van der Waals surface area contributed by atoms with E-state index in [1.165, 1.54) is 0 Å². The highest BCUT2D eigenvalue weighted by molar-refractivity contribution is 9.10. The Morgan fingerprint density at radius 1 is 1.14 bits per heavy atom. The van der Waals surface area contributed by atoms with Gasteiger partial charge >= 0.3 is 0 Å². The zero-order valence-electron chi connectivity index (χ0n) is 12.4. The van der Waals surface area contributed by atoms with E-state index < -0.39 is 0 Å². The molecule has 0 aromatic heterocycles. The SMILES string of the molecule is CCOc1cc(C)ccc1NC(=O)c1cc(C)cc(Br)c1. The van der Waals surface area contributed by atoms with E-state index in [-0.39, 0.29) is 5.91 Å². The average molecular weight is 348 g/mol. The molecule has 0 spiro atoms. The summed E-state index contributed by atoms with van der Waals surface area (Å²) in [5.74, 6) is 0.543. The molecule has 0 saturated carbocycles. The summed E-state index contributed by atoms with van der Waals surface area (Å²) in [6, 6.07) is 11.4. The second-order valence-electron chi connectivity index (χ2n) is 4.90. The van der Waals surface area contributed by atoms with E-state index in [4.69, 9.17) is 4.74 Å². The number of halogens is 1. The van der Waals surface area contributed by atoms with Crippen molar-refractivity contribution in [2.75, 3.05) is 11.9 Å². The fourth-order valence-electron chi connectivity index (χ4n) is 2.07. The fraction of sp³-hybridized carbons (Fsp3) is 0.235. The number of aryl methyl sites for hydroxylation is 2. The van der Waals surface area contributed by atoms with Gasteiger partial charge in [-0.1, -0.05) is 22.0 Å². The van der Waals surface area contributed by atoms with E-state index in [0.717, 1.165) is 15.6 Å². The molecule has 0 bridgehead atoms. The Morgan fingerprint density at radius 2 is 1.90 bits per heavy atom. The summed E-state index contributed by atoms with van der Waals surface area (Å²) in [6.07, 6.45) is 0. The molecule has 4 heteroatoms. The Hall–Kier alpha value is -1.81. The van der Waals surface area contributed by atoms with Crippen LogP contribution in [-0.2, 0) is 0 Å². The van der Waals surface area contributed by atoms with Crippen molar-refractivity contribution in [3.8, 4) is 5.75 Å². The molecule has 1 amide bonds. The number of hydrogen-bond acceptors (Lipinski definition) is 2. The number of ether oxygens (including phenoxy) is 1. The molecule has 0 unspecified atom stereocenters. The van der Waals surface area contributed by atoms with Gasteiger partial charge in [-0.3, -0.25) is 4.79 Å². The van der Waals surface area contributed by atoms with Crippen LogP contribution in [0.15, 0.2) is 40.9 Å². The molecule has 1 N–H and O–H groups in total. The van der Waals surface area contributed by atoms with Crippen LogP contribution < -0.4 is 10.1 Å². The number of nitrogens with one attached hydrogen (secondary N) is 1. The minimum Gasteiger partial charge on any atom is -0.492 e. The van der Waals surface area contributed by atoms with Gasteiger partial charge < -0.3 is 10.1 Å². The van der Waals surface area contributed by atoms with Gasteiger partial charge in [-0.05, 0) is 62.2 Å². The van der Waals surface area contributed by atoms with Crippen molar-refractivity contribution in [3.05, 3.63) is 57.6 Å². The first-order chi connectivity index (χ1) is 9.99. The highest BCUT2D eigenvalue weighted by Gasteiger charge is 2.11. The van der Waals surface area contributed by atoms with Crippen molar-refractivity contribution >= 4 is 27.5 Å². The van der Waals surface area contributed by atoms with Crippen molar-refractivity contribution in [3.63, 3.8) is 0 Å². The minimum absolute atomic E-state index is 0.149. The lowest BCUT2D eigenvalue weighted by Crippen LogP contribution is -2.13. The standard InChI is InChI=1S/C17H18BrNO2/c1-4-21-16-9-11(2)5-6-15(16)19-17(20)13-7-12(3)8-14(18)10-13/h5-10H,4H2,1-3H3,(H,19,20). The maximum Gasteiger partial charge on any atom is 0.255 e. The molecule has 2 aromatic carbocycles. The lowest BCUT2D eigenvalue weighted by atomic mass is 10.1. The Morgan fingerprint density at radius 3 is 2.57 bits per heavy atom. The third kappa shape index (κ3) is 4.08. The monoisotopic (exact) mass is 347 g/mol. The molecule has 0 radical (unpaired) electrons. The Balaban J connectivity index is 2.26. The van der Waals surface area contributed by atoms with Crippen LogP contribution in [-0.4, -0.2) is 12.5 Å². The van der Waals surface area contributed by atoms with Gasteiger partial charge in [-0.25, -0.2) is 0 Å². The Labute approximate surface area is 133 Å².